The van der Waals surface area contributed by atoms with Crippen LogP contribution in [0.25, 0.3) is 0 Å². The highest BCUT2D eigenvalue weighted by Crippen LogP contribution is 2.59. The van der Waals surface area contributed by atoms with E-state index in [0.29, 0.717) is 23.9 Å². The van der Waals surface area contributed by atoms with Crippen LogP contribution in [0.5, 0.6) is 0 Å². The third kappa shape index (κ3) is 1.57. The average molecular weight is 190 g/mol. The van der Waals surface area contributed by atoms with E-state index in [1.807, 2.05) is 6.07 Å². The molecule has 1 nitrogen and oxygen atoms in total. The number of hydrogen-bond acceptors (Lipinski definition) is 1. The summed E-state index contributed by atoms with van der Waals surface area (Å²) in [6.07, 6.45) is 1.11. The zero-order valence-electron chi connectivity index (χ0n) is 8.90. The molecule has 1 saturated carbocycles. The summed E-state index contributed by atoms with van der Waals surface area (Å²) in [7, 11) is 0. The Hall–Kier alpha value is -0.820. The number of aliphatic hydroxyl groups excluding tert-OH is 1. The molecule has 0 spiro atoms. The van der Waals surface area contributed by atoms with Crippen LogP contribution in [0.4, 0.5) is 0 Å². The Morgan fingerprint density at radius 2 is 1.79 bits per heavy atom. The van der Waals surface area contributed by atoms with Crippen LogP contribution in [0.3, 0.4) is 0 Å². The minimum Gasteiger partial charge on any atom is -0.396 e. The van der Waals surface area contributed by atoms with E-state index >= 15 is 0 Å². The second-order valence-corrected chi connectivity index (χ2v) is 4.91. The van der Waals surface area contributed by atoms with Crippen molar-refractivity contribution in [2.75, 3.05) is 6.61 Å². The van der Waals surface area contributed by atoms with E-state index in [9.17, 15) is 5.11 Å². The zero-order valence-corrected chi connectivity index (χ0v) is 8.90. The SMILES string of the molecule is CC1(C)C(CO)C1Cc1ccccc1. The highest BCUT2D eigenvalue weighted by molar-refractivity contribution is 5.19. The molecule has 14 heavy (non-hydrogen) atoms. The molecule has 2 unspecified atom stereocenters. The molecule has 1 aliphatic carbocycles. The van der Waals surface area contributed by atoms with E-state index in [4.69, 9.17) is 0 Å². The van der Waals surface area contributed by atoms with Crippen molar-refractivity contribution in [3.05, 3.63) is 35.9 Å². The lowest BCUT2D eigenvalue weighted by Crippen LogP contribution is -1.94. The Morgan fingerprint density at radius 3 is 2.29 bits per heavy atom. The standard InChI is InChI=1S/C13H18O/c1-13(2)11(12(13)9-14)8-10-6-4-3-5-7-10/h3-7,11-12,14H,8-9H2,1-2H3. The van der Waals surface area contributed by atoms with Gasteiger partial charge in [0.05, 0.1) is 0 Å². The molecule has 1 aliphatic rings. The molecule has 2 atom stereocenters. The summed E-state index contributed by atoms with van der Waals surface area (Å²) in [5.41, 5.74) is 1.73. The van der Waals surface area contributed by atoms with Gasteiger partial charge in [-0.1, -0.05) is 44.2 Å². The number of aliphatic hydroxyl groups is 1. The predicted molar refractivity (Wildman–Crippen MR) is 58.0 cm³/mol. The van der Waals surface area contributed by atoms with Crippen molar-refractivity contribution in [2.24, 2.45) is 17.3 Å². The maximum absolute atomic E-state index is 9.19. The van der Waals surface area contributed by atoms with E-state index in [1.54, 1.807) is 0 Å². The Kier molecular flexibility index (Phi) is 2.36. The summed E-state index contributed by atoms with van der Waals surface area (Å²) in [6, 6.07) is 10.5. The van der Waals surface area contributed by atoms with Gasteiger partial charge in [0.1, 0.15) is 0 Å². The van der Waals surface area contributed by atoms with Crippen molar-refractivity contribution in [3.63, 3.8) is 0 Å². The lowest BCUT2D eigenvalue weighted by molar-refractivity contribution is 0.255. The fourth-order valence-corrected chi connectivity index (χ4v) is 2.49. The molecule has 76 valence electrons. The van der Waals surface area contributed by atoms with E-state index in [-0.39, 0.29) is 0 Å². The normalized spacial score (nSPS) is 28.8. The quantitative estimate of drug-likeness (QED) is 0.776. The minimum atomic E-state index is 0.338. The lowest BCUT2D eigenvalue weighted by atomic mass is 10.0. The molecule has 0 amide bonds. The molecular formula is C13H18O. The number of hydrogen-bond donors (Lipinski definition) is 1. The first kappa shape index (κ1) is 9.72. The Balaban J connectivity index is 2.01. The molecule has 1 heteroatoms. The van der Waals surface area contributed by atoms with Gasteiger partial charge >= 0.3 is 0 Å². The Bertz CT molecular complexity index is 302. The molecule has 1 aromatic rings. The maximum atomic E-state index is 9.19. The third-order valence-corrected chi connectivity index (χ3v) is 3.78. The third-order valence-electron chi connectivity index (χ3n) is 3.78. The van der Waals surface area contributed by atoms with Gasteiger partial charge in [0.15, 0.2) is 0 Å². The minimum absolute atomic E-state index is 0.338. The van der Waals surface area contributed by atoms with Crippen LogP contribution >= 0.6 is 0 Å². The van der Waals surface area contributed by atoms with Gasteiger partial charge < -0.3 is 5.11 Å². The van der Waals surface area contributed by atoms with Gasteiger partial charge in [0.25, 0.3) is 0 Å². The van der Waals surface area contributed by atoms with Crippen molar-refractivity contribution < 1.29 is 5.11 Å². The highest BCUT2D eigenvalue weighted by Gasteiger charge is 2.56. The van der Waals surface area contributed by atoms with Crippen LogP contribution in [0.1, 0.15) is 19.4 Å². The first-order chi connectivity index (χ1) is 6.66. The summed E-state index contributed by atoms with van der Waals surface area (Å²) in [6.45, 7) is 4.84. The van der Waals surface area contributed by atoms with Gasteiger partial charge in [-0.05, 0) is 29.2 Å². The average Bonchev–Trinajstić information content (AvgIpc) is 2.69. The topological polar surface area (TPSA) is 20.2 Å². The largest absolute Gasteiger partial charge is 0.396 e. The first-order valence-corrected chi connectivity index (χ1v) is 5.31. The molecule has 0 radical (unpaired) electrons. The summed E-state index contributed by atoms with van der Waals surface area (Å²) in [5, 5.41) is 9.19. The van der Waals surface area contributed by atoms with E-state index in [0.717, 1.165) is 6.42 Å². The molecule has 0 aromatic heterocycles. The first-order valence-electron chi connectivity index (χ1n) is 5.31. The van der Waals surface area contributed by atoms with E-state index in [2.05, 4.69) is 38.1 Å². The second-order valence-electron chi connectivity index (χ2n) is 4.91. The zero-order chi connectivity index (χ0) is 10.2. The highest BCUT2D eigenvalue weighted by atomic mass is 16.3. The molecular weight excluding hydrogens is 172 g/mol. The predicted octanol–water partition coefficient (Wildman–Crippen LogP) is 2.49. The van der Waals surface area contributed by atoms with Crippen LogP contribution < -0.4 is 0 Å². The summed E-state index contributed by atoms with van der Waals surface area (Å²) >= 11 is 0. The Morgan fingerprint density at radius 1 is 1.14 bits per heavy atom. The van der Waals surface area contributed by atoms with Gasteiger partial charge in [0.2, 0.25) is 0 Å². The summed E-state index contributed by atoms with van der Waals surface area (Å²) in [5.74, 6) is 1.16. The number of benzene rings is 1. The second kappa shape index (κ2) is 3.39. The molecule has 1 aromatic carbocycles. The molecule has 0 saturated heterocycles. The molecule has 0 bridgehead atoms. The molecule has 0 heterocycles. The number of rotatable bonds is 3. The van der Waals surface area contributed by atoms with Gasteiger partial charge in [-0.25, -0.2) is 0 Å². The van der Waals surface area contributed by atoms with Crippen molar-refractivity contribution in [1.82, 2.24) is 0 Å². The summed E-state index contributed by atoms with van der Waals surface area (Å²) in [4.78, 5) is 0. The van der Waals surface area contributed by atoms with Crippen LogP contribution in [-0.2, 0) is 6.42 Å². The molecule has 1 N–H and O–H groups in total. The van der Waals surface area contributed by atoms with Crippen LogP contribution in [0.2, 0.25) is 0 Å². The van der Waals surface area contributed by atoms with E-state index < -0.39 is 0 Å². The van der Waals surface area contributed by atoms with Crippen molar-refractivity contribution in [3.8, 4) is 0 Å². The molecule has 1 fully saturated rings. The maximum Gasteiger partial charge on any atom is 0.0467 e. The fourth-order valence-electron chi connectivity index (χ4n) is 2.49. The van der Waals surface area contributed by atoms with Crippen LogP contribution in [-0.4, -0.2) is 11.7 Å². The van der Waals surface area contributed by atoms with Crippen molar-refractivity contribution in [1.29, 1.82) is 0 Å². The summed E-state index contributed by atoms with van der Waals surface area (Å²) < 4.78 is 0. The van der Waals surface area contributed by atoms with Crippen LogP contribution in [0, 0.1) is 17.3 Å². The van der Waals surface area contributed by atoms with Crippen molar-refractivity contribution >= 4 is 0 Å². The Labute approximate surface area is 85.8 Å². The molecule has 2 rings (SSSR count). The van der Waals surface area contributed by atoms with E-state index in [1.165, 1.54) is 5.56 Å². The fraction of sp³-hybridized carbons (Fsp3) is 0.538. The van der Waals surface area contributed by atoms with Gasteiger partial charge in [-0.2, -0.15) is 0 Å². The van der Waals surface area contributed by atoms with Gasteiger partial charge in [-0.15, -0.1) is 0 Å². The lowest BCUT2D eigenvalue weighted by Gasteiger charge is -2.02. The monoisotopic (exact) mass is 190 g/mol. The van der Waals surface area contributed by atoms with Crippen LogP contribution in [0.15, 0.2) is 30.3 Å². The molecule has 0 aliphatic heterocycles. The van der Waals surface area contributed by atoms with Gasteiger partial charge in [-0.3, -0.25) is 0 Å². The van der Waals surface area contributed by atoms with Crippen molar-refractivity contribution in [2.45, 2.75) is 20.3 Å². The van der Waals surface area contributed by atoms with Gasteiger partial charge in [0, 0.05) is 6.61 Å². The smallest absolute Gasteiger partial charge is 0.0467 e.